The Morgan fingerprint density at radius 3 is 1.30 bits per heavy atom. The van der Waals surface area contributed by atoms with Gasteiger partial charge in [0, 0.05) is 76.9 Å². The Bertz CT molecular complexity index is 2320. The zero-order chi connectivity index (χ0) is 59.4. The number of aromatic amines is 1. The molecule has 1 aliphatic heterocycles. The number of nitrogens with zero attached hydrogens (tertiary/aromatic N) is 1. The lowest BCUT2D eigenvalue weighted by Gasteiger charge is -2.28. The number of hydrogen-bond donors (Lipinski definition) is 6. The van der Waals surface area contributed by atoms with Gasteiger partial charge in [-0.15, -0.1) is 0 Å². The molecule has 0 amide bonds. The van der Waals surface area contributed by atoms with Gasteiger partial charge in [0.1, 0.15) is 11.5 Å². The fraction of sp³-hybridized carbons (Fsp3) is 0.648. The smallest absolute Gasteiger partial charge is 0.152 e. The molecule has 2 heterocycles. The highest BCUT2D eigenvalue weighted by Crippen LogP contribution is 2.23. The second-order valence-electron chi connectivity index (χ2n) is 24.1. The molecular weight excluding hydrogens is 1030 g/mol. The minimum absolute atomic E-state index is 0. The monoisotopic (exact) mass is 1160 g/mol. The number of carbonyl (C=O) groups is 5. The summed E-state index contributed by atoms with van der Waals surface area (Å²) in [6, 6.07) is 27.1. The highest BCUT2D eigenvalue weighted by Gasteiger charge is 2.33. The number of phenols is 1. The van der Waals surface area contributed by atoms with Crippen LogP contribution in [-0.4, -0.2) is 111 Å². The Morgan fingerprint density at radius 1 is 0.506 bits per heavy atom. The number of H-pyrrole nitrogens is 1. The SMILES string of the molecule is C.C.C.C.C.CC(C)C(=O)C1CCCN1C(C)C.CC(C)NC(Cc1c[nH]c2ccccc12)C(=O)C(C)C.CC(C)NC(Cc1ccc(O)cc1)C(=O)C(C)C.CC(C)NC(Cc1ccccc1)C(=O)C(C)C.CC(C)NCC(=O)C(C)C. The van der Waals surface area contributed by atoms with E-state index in [2.05, 4.69) is 97.0 Å². The van der Waals surface area contributed by atoms with Crippen molar-refractivity contribution in [2.24, 2.45) is 29.6 Å². The van der Waals surface area contributed by atoms with Gasteiger partial charge in [-0.25, -0.2) is 0 Å². The number of aromatic hydroxyl groups is 1. The van der Waals surface area contributed by atoms with E-state index in [1.165, 1.54) is 22.9 Å². The molecule has 1 saturated heterocycles. The second-order valence-corrected chi connectivity index (χ2v) is 24.1. The summed E-state index contributed by atoms with van der Waals surface area (Å²) in [7, 11) is 0. The zero-order valence-corrected chi connectivity index (χ0v) is 52.1. The van der Waals surface area contributed by atoms with Crippen LogP contribution >= 0.6 is 0 Å². The summed E-state index contributed by atoms with van der Waals surface area (Å²) in [6.07, 6.45) is 6.44. The molecule has 6 N–H and O–H groups in total. The molecule has 4 aromatic rings. The van der Waals surface area contributed by atoms with E-state index in [-0.39, 0.29) is 120 Å². The van der Waals surface area contributed by atoms with Gasteiger partial charge in [-0.05, 0) is 87.4 Å². The molecule has 0 spiro atoms. The Balaban J connectivity index is -0.000000306. The number of Topliss-reactive ketones (excluding diaryl/α,β-unsaturated/α-hetero) is 5. The number of benzene rings is 3. The Hall–Kier alpha value is -4.85. The van der Waals surface area contributed by atoms with Gasteiger partial charge < -0.3 is 31.4 Å². The molecule has 0 aliphatic carbocycles. The van der Waals surface area contributed by atoms with Crippen molar-refractivity contribution in [2.45, 2.75) is 262 Å². The summed E-state index contributed by atoms with van der Waals surface area (Å²) >= 11 is 0. The van der Waals surface area contributed by atoms with E-state index in [0.29, 0.717) is 48.7 Å². The predicted molar refractivity (Wildman–Crippen MR) is 361 cm³/mol. The van der Waals surface area contributed by atoms with Crippen LogP contribution in [0.25, 0.3) is 10.9 Å². The topological polar surface area (TPSA) is 173 Å². The van der Waals surface area contributed by atoms with E-state index in [1.54, 1.807) is 12.1 Å². The average Bonchev–Trinajstić information content (AvgIpc) is 4.03. The summed E-state index contributed by atoms with van der Waals surface area (Å²) in [4.78, 5) is 65.0. The molecule has 0 radical (unpaired) electrons. The molecule has 0 saturated carbocycles. The third-order valence-electron chi connectivity index (χ3n) is 13.3. The van der Waals surface area contributed by atoms with Gasteiger partial charge >= 0.3 is 0 Å². The second kappa shape index (κ2) is 45.5. The number of ketones is 5. The van der Waals surface area contributed by atoms with Crippen molar-refractivity contribution >= 4 is 39.8 Å². The predicted octanol–water partition coefficient (Wildman–Crippen LogP) is 15.1. The first kappa shape index (κ1) is 86.9. The number of nitrogens with one attached hydrogen (secondary N) is 5. The highest BCUT2D eigenvalue weighted by atomic mass is 16.3. The zero-order valence-electron chi connectivity index (χ0n) is 52.1. The van der Waals surface area contributed by atoms with Gasteiger partial charge in [0.25, 0.3) is 0 Å². The van der Waals surface area contributed by atoms with Crippen molar-refractivity contribution in [2.75, 3.05) is 13.1 Å². The van der Waals surface area contributed by atoms with E-state index in [4.69, 9.17) is 0 Å². The lowest BCUT2D eigenvalue weighted by molar-refractivity contribution is -0.127. The molecule has 0 bridgehead atoms. The number of para-hydroxylation sites is 1. The van der Waals surface area contributed by atoms with Crippen LogP contribution in [0.5, 0.6) is 5.75 Å². The third-order valence-corrected chi connectivity index (χ3v) is 13.3. The number of fused-ring (bicyclic) bond motifs is 1. The number of likely N-dealkylation sites (tertiary alicyclic amines) is 1. The quantitative estimate of drug-likeness (QED) is 0.0373. The average molecular weight is 1160 g/mol. The standard InChI is InChI=1S/C17H24N2O.C15H23NO2.C15H23NO.C11H21NO.C8H17NO.5CH4/c1-11(2)17(20)16(19-12(3)4)9-13-10-18-15-8-6-5-7-14(13)15;1-10(2)15(18)14(16-11(3)4)9-12-5-7-13(17)8-6-12;1-11(2)15(17)14(16-12(3)4)10-13-8-6-5-7-9-13;1-8(2)11(13)10-6-5-7-12(10)9(3)4;1-6(2)8(10)5-9-7(3)4;;;;;/h5-8,10-12,16,18-19H,9H2,1-4H3;5-8,10-11,14,16-17H,9H2,1-4H3;5-9,11-12,14,16H,10H2,1-4H3;8-10H,5-7H2,1-4H3;6-7,9H,5H2,1-4H3;5*1H4. The van der Waals surface area contributed by atoms with Crippen LogP contribution in [-0.2, 0) is 43.2 Å². The number of rotatable bonds is 25. The van der Waals surface area contributed by atoms with Gasteiger partial charge in [-0.1, -0.05) is 222 Å². The number of hydrogen-bond acceptors (Lipinski definition) is 11. The molecule has 4 unspecified atom stereocenters. The van der Waals surface area contributed by atoms with Crippen molar-refractivity contribution in [3.63, 3.8) is 0 Å². The largest absolute Gasteiger partial charge is 0.508 e. The lowest BCUT2D eigenvalue weighted by atomic mass is 9.95. The summed E-state index contributed by atoms with van der Waals surface area (Å²) in [5.41, 5.74) is 4.59. The molecule has 83 heavy (non-hydrogen) atoms. The first-order chi connectivity index (χ1) is 36.5. The normalized spacial score (nSPS) is 13.9. The first-order valence-electron chi connectivity index (χ1n) is 29.3. The van der Waals surface area contributed by atoms with Crippen LogP contribution in [0.2, 0.25) is 0 Å². The highest BCUT2D eigenvalue weighted by molar-refractivity contribution is 5.89. The Morgan fingerprint density at radius 2 is 0.916 bits per heavy atom. The van der Waals surface area contributed by atoms with E-state index in [1.807, 2.05) is 146 Å². The maximum absolute atomic E-state index is 12.4. The molecule has 12 heteroatoms. The van der Waals surface area contributed by atoms with Gasteiger partial charge in [-0.2, -0.15) is 0 Å². The number of aromatic nitrogens is 1. The van der Waals surface area contributed by atoms with Crippen molar-refractivity contribution in [3.05, 3.63) is 102 Å². The van der Waals surface area contributed by atoms with Gasteiger partial charge in [0.2, 0.25) is 0 Å². The van der Waals surface area contributed by atoms with E-state index >= 15 is 0 Å². The van der Waals surface area contributed by atoms with Gasteiger partial charge in [0.15, 0.2) is 23.1 Å². The van der Waals surface area contributed by atoms with Crippen LogP contribution in [0.3, 0.4) is 0 Å². The molecule has 1 aromatic heterocycles. The van der Waals surface area contributed by atoms with E-state index in [0.717, 1.165) is 36.9 Å². The van der Waals surface area contributed by atoms with Crippen LogP contribution in [0.15, 0.2) is 85.1 Å². The maximum atomic E-state index is 12.4. The fourth-order valence-electron chi connectivity index (χ4n) is 8.98. The molecule has 478 valence electrons. The first-order valence-corrected chi connectivity index (χ1v) is 29.3. The van der Waals surface area contributed by atoms with Crippen LogP contribution in [0.1, 0.15) is 205 Å². The summed E-state index contributed by atoms with van der Waals surface area (Å²) in [5, 5.41) is 23.6. The van der Waals surface area contributed by atoms with E-state index < -0.39 is 0 Å². The molecule has 3 aromatic carbocycles. The minimum Gasteiger partial charge on any atom is -0.508 e. The van der Waals surface area contributed by atoms with Crippen molar-refractivity contribution in [1.29, 1.82) is 0 Å². The van der Waals surface area contributed by atoms with Gasteiger partial charge in [0.05, 0.1) is 30.7 Å². The maximum Gasteiger partial charge on any atom is 0.152 e. The Labute approximate surface area is 510 Å². The molecule has 1 aliphatic rings. The molecule has 12 nitrogen and oxygen atoms in total. The van der Waals surface area contributed by atoms with Crippen LogP contribution < -0.4 is 21.3 Å². The Kier molecular flexibility index (Phi) is 47.7. The van der Waals surface area contributed by atoms with E-state index in [9.17, 15) is 29.1 Å². The van der Waals surface area contributed by atoms with Crippen LogP contribution in [0, 0.1) is 29.6 Å². The fourth-order valence-corrected chi connectivity index (χ4v) is 8.98. The molecule has 1 fully saturated rings. The third kappa shape index (κ3) is 34.6. The van der Waals surface area contributed by atoms with Crippen LogP contribution in [0.4, 0.5) is 0 Å². The van der Waals surface area contributed by atoms with Gasteiger partial charge in [-0.3, -0.25) is 28.9 Å². The summed E-state index contributed by atoms with van der Waals surface area (Å²) in [5.74, 6) is 2.27. The summed E-state index contributed by atoms with van der Waals surface area (Å²) in [6.45, 7) is 42.0. The number of phenolic OH excluding ortho intramolecular Hbond substituents is 1. The van der Waals surface area contributed by atoms with Crippen molar-refractivity contribution in [1.82, 2.24) is 31.2 Å². The molecule has 4 atom stereocenters. The number of carbonyl (C=O) groups excluding carboxylic acids is 5. The molecular formula is C71H128N6O6. The lowest BCUT2D eigenvalue weighted by Crippen LogP contribution is -2.44. The van der Waals surface area contributed by atoms with Crippen molar-refractivity contribution < 1.29 is 29.1 Å². The molecule has 5 rings (SSSR count). The van der Waals surface area contributed by atoms with Crippen molar-refractivity contribution in [3.8, 4) is 5.75 Å². The summed E-state index contributed by atoms with van der Waals surface area (Å²) < 4.78 is 0. The minimum atomic E-state index is -0.158.